The minimum absolute atomic E-state index is 0.00749. The van der Waals surface area contributed by atoms with Crippen molar-refractivity contribution in [1.82, 2.24) is 4.72 Å². The molecule has 0 atom stereocenters. The molecule has 0 aliphatic heterocycles. The van der Waals surface area contributed by atoms with Gasteiger partial charge in [0.25, 0.3) is 0 Å². The number of halogens is 1. The molecular weight excluding hydrogens is 254 g/mol. The minimum atomic E-state index is -3.19. The summed E-state index contributed by atoms with van der Waals surface area (Å²) in [6.45, 7) is 4.64. The van der Waals surface area contributed by atoms with E-state index in [0.717, 1.165) is 12.8 Å². The van der Waals surface area contributed by atoms with Gasteiger partial charge in [0.15, 0.2) is 0 Å². The minimum Gasteiger partial charge on any atom is -0.214 e. The quantitative estimate of drug-likeness (QED) is 0.689. The lowest BCUT2D eigenvalue weighted by Crippen LogP contribution is -2.40. The van der Waals surface area contributed by atoms with Crippen molar-refractivity contribution in [2.45, 2.75) is 31.4 Å². The van der Waals surface area contributed by atoms with Crippen LogP contribution in [0.2, 0.25) is 0 Å². The highest BCUT2D eigenvalue weighted by Crippen LogP contribution is 2.29. The van der Waals surface area contributed by atoms with E-state index in [1.165, 1.54) is 0 Å². The summed E-state index contributed by atoms with van der Waals surface area (Å²) in [5, 5.41) is 0. The molecule has 0 rings (SSSR count). The second kappa shape index (κ2) is 6.99. The molecular formula is C9H20ClNO2S2. The van der Waals surface area contributed by atoms with Gasteiger partial charge in [-0.05, 0) is 19.1 Å². The molecule has 0 aromatic heterocycles. The van der Waals surface area contributed by atoms with Gasteiger partial charge in [-0.25, -0.2) is 13.1 Å². The molecule has 92 valence electrons. The predicted octanol–water partition coefficient (Wildman–Crippen LogP) is 2.07. The van der Waals surface area contributed by atoms with E-state index in [1.807, 2.05) is 6.26 Å². The zero-order chi connectivity index (χ0) is 11.9. The van der Waals surface area contributed by atoms with E-state index in [0.29, 0.717) is 6.54 Å². The summed E-state index contributed by atoms with van der Waals surface area (Å²) in [5.41, 5.74) is 0. The molecule has 0 radical (unpaired) electrons. The highest BCUT2D eigenvalue weighted by Gasteiger charge is 2.26. The molecule has 0 unspecified atom stereocenters. The molecule has 0 saturated heterocycles. The molecule has 0 aliphatic rings. The van der Waals surface area contributed by atoms with Crippen LogP contribution in [-0.2, 0) is 10.0 Å². The fraction of sp³-hybridized carbons (Fsp3) is 1.00. The van der Waals surface area contributed by atoms with Crippen LogP contribution in [-0.4, -0.2) is 37.6 Å². The molecule has 0 aromatic carbocycles. The Labute approximate surface area is 102 Å². The highest BCUT2D eigenvalue weighted by molar-refractivity contribution is 8.00. The van der Waals surface area contributed by atoms with Crippen LogP contribution in [0.1, 0.15) is 26.7 Å². The van der Waals surface area contributed by atoms with E-state index < -0.39 is 10.0 Å². The lowest BCUT2D eigenvalue weighted by molar-refractivity contribution is 0.522. The van der Waals surface area contributed by atoms with Crippen molar-refractivity contribution in [1.29, 1.82) is 0 Å². The van der Waals surface area contributed by atoms with Crippen LogP contribution in [0, 0.1) is 0 Å². The van der Waals surface area contributed by atoms with Gasteiger partial charge in [-0.1, -0.05) is 13.8 Å². The van der Waals surface area contributed by atoms with Crippen molar-refractivity contribution < 1.29 is 8.42 Å². The predicted molar refractivity (Wildman–Crippen MR) is 69.3 cm³/mol. The van der Waals surface area contributed by atoms with Crippen LogP contribution >= 0.6 is 23.4 Å². The Bertz CT molecular complexity index is 255. The maximum atomic E-state index is 11.4. The summed E-state index contributed by atoms with van der Waals surface area (Å²) in [4.78, 5) is 0. The Morgan fingerprint density at radius 3 is 2.20 bits per heavy atom. The van der Waals surface area contributed by atoms with Gasteiger partial charge in [0, 0.05) is 17.2 Å². The summed E-state index contributed by atoms with van der Waals surface area (Å²) >= 11 is 7.13. The number of hydrogen-bond acceptors (Lipinski definition) is 3. The number of nitrogens with one attached hydrogen (secondary N) is 1. The van der Waals surface area contributed by atoms with Gasteiger partial charge in [0.2, 0.25) is 10.0 Å². The molecule has 15 heavy (non-hydrogen) atoms. The van der Waals surface area contributed by atoms with Gasteiger partial charge >= 0.3 is 0 Å². The molecule has 0 saturated carbocycles. The topological polar surface area (TPSA) is 46.2 Å². The van der Waals surface area contributed by atoms with Crippen molar-refractivity contribution >= 4 is 33.4 Å². The molecule has 0 aliphatic carbocycles. The van der Waals surface area contributed by atoms with Gasteiger partial charge in [0.05, 0.1) is 5.75 Å². The van der Waals surface area contributed by atoms with E-state index in [2.05, 4.69) is 18.6 Å². The third kappa shape index (κ3) is 5.43. The molecule has 0 amide bonds. The van der Waals surface area contributed by atoms with Crippen molar-refractivity contribution in [3.05, 3.63) is 0 Å². The number of thioether (sulfide) groups is 1. The largest absolute Gasteiger partial charge is 0.214 e. The fourth-order valence-corrected chi connectivity index (χ4v) is 3.61. The van der Waals surface area contributed by atoms with Gasteiger partial charge in [-0.3, -0.25) is 0 Å². The van der Waals surface area contributed by atoms with Gasteiger partial charge < -0.3 is 0 Å². The Morgan fingerprint density at radius 1 is 1.33 bits per heavy atom. The average molecular weight is 274 g/mol. The second-order valence-electron chi connectivity index (χ2n) is 3.42. The van der Waals surface area contributed by atoms with Gasteiger partial charge in [-0.2, -0.15) is 11.8 Å². The van der Waals surface area contributed by atoms with Gasteiger partial charge in [-0.15, -0.1) is 11.6 Å². The summed E-state index contributed by atoms with van der Waals surface area (Å²) in [5.74, 6) is 0.131. The Kier molecular flexibility index (Phi) is 7.25. The zero-order valence-electron chi connectivity index (χ0n) is 9.55. The van der Waals surface area contributed by atoms with Crippen LogP contribution in [0.4, 0.5) is 0 Å². The van der Waals surface area contributed by atoms with E-state index in [1.54, 1.807) is 11.8 Å². The SMILES string of the molecule is CCC(CC)(CNS(=O)(=O)CCCl)SC. The molecule has 1 N–H and O–H groups in total. The molecule has 0 heterocycles. The van der Waals surface area contributed by atoms with Crippen LogP contribution in [0.3, 0.4) is 0 Å². The first-order chi connectivity index (χ1) is 6.95. The number of alkyl halides is 1. The first-order valence-electron chi connectivity index (χ1n) is 5.03. The zero-order valence-corrected chi connectivity index (χ0v) is 11.9. The summed E-state index contributed by atoms with van der Waals surface area (Å²) in [6.07, 6.45) is 3.92. The third-order valence-corrected chi connectivity index (χ3v) is 6.01. The second-order valence-corrected chi connectivity index (χ2v) is 7.00. The van der Waals surface area contributed by atoms with Crippen molar-refractivity contribution in [3.63, 3.8) is 0 Å². The molecule has 0 bridgehead atoms. The monoisotopic (exact) mass is 273 g/mol. The molecule has 0 aromatic rings. The normalized spacial score (nSPS) is 13.1. The molecule has 6 heteroatoms. The Balaban J connectivity index is 4.34. The summed E-state index contributed by atoms with van der Waals surface area (Å²) in [6, 6.07) is 0. The third-order valence-electron chi connectivity index (χ3n) is 2.68. The van der Waals surface area contributed by atoms with Crippen molar-refractivity contribution in [2.24, 2.45) is 0 Å². The van der Waals surface area contributed by atoms with Crippen LogP contribution < -0.4 is 4.72 Å². The van der Waals surface area contributed by atoms with Crippen LogP contribution in [0.15, 0.2) is 0 Å². The maximum absolute atomic E-state index is 11.4. The molecule has 0 spiro atoms. The first-order valence-corrected chi connectivity index (χ1v) is 8.45. The molecule has 3 nitrogen and oxygen atoms in total. The average Bonchev–Trinajstić information content (AvgIpc) is 2.21. The number of hydrogen-bond donors (Lipinski definition) is 1. The lowest BCUT2D eigenvalue weighted by Gasteiger charge is -2.29. The summed E-state index contributed by atoms with van der Waals surface area (Å²) in [7, 11) is -3.19. The van der Waals surface area contributed by atoms with E-state index in [4.69, 9.17) is 11.6 Å². The number of sulfonamides is 1. The first kappa shape index (κ1) is 15.6. The van der Waals surface area contributed by atoms with Crippen molar-refractivity contribution in [2.75, 3.05) is 24.4 Å². The van der Waals surface area contributed by atoms with Crippen molar-refractivity contribution in [3.8, 4) is 0 Å². The Morgan fingerprint density at radius 2 is 1.87 bits per heavy atom. The summed E-state index contributed by atoms with van der Waals surface area (Å²) < 4.78 is 25.5. The fourth-order valence-electron chi connectivity index (χ4n) is 1.28. The standard InChI is InChI=1S/C9H20ClNO2S2/c1-4-9(5-2,14-3)8-11-15(12,13)7-6-10/h11H,4-8H2,1-3H3. The maximum Gasteiger partial charge on any atom is 0.212 e. The lowest BCUT2D eigenvalue weighted by atomic mass is 10.0. The van der Waals surface area contributed by atoms with Crippen LogP contribution in [0.25, 0.3) is 0 Å². The van der Waals surface area contributed by atoms with Crippen LogP contribution in [0.5, 0.6) is 0 Å². The molecule has 0 fully saturated rings. The van der Waals surface area contributed by atoms with E-state index >= 15 is 0 Å². The highest BCUT2D eigenvalue weighted by atomic mass is 35.5. The smallest absolute Gasteiger partial charge is 0.212 e. The Hall–Kier alpha value is 0.550. The van der Waals surface area contributed by atoms with E-state index in [9.17, 15) is 8.42 Å². The number of rotatable bonds is 8. The van der Waals surface area contributed by atoms with Gasteiger partial charge in [0.1, 0.15) is 0 Å². The van der Waals surface area contributed by atoms with E-state index in [-0.39, 0.29) is 16.4 Å².